The lowest BCUT2D eigenvalue weighted by atomic mass is 10.0. The average Bonchev–Trinajstić information content (AvgIpc) is 2.73. The molecule has 0 aromatic carbocycles. The monoisotopic (exact) mass is 254 g/mol. The molecule has 5 nitrogen and oxygen atoms in total. The first-order chi connectivity index (χ1) is 8.61. The highest BCUT2D eigenvalue weighted by molar-refractivity contribution is 5.77. The second-order valence-electron chi connectivity index (χ2n) is 5.81. The fourth-order valence-corrected chi connectivity index (χ4v) is 2.91. The Morgan fingerprint density at radius 1 is 1.39 bits per heavy atom. The van der Waals surface area contributed by atoms with E-state index >= 15 is 0 Å². The zero-order valence-corrected chi connectivity index (χ0v) is 11.6. The normalized spacial score (nSPS) is 27.0. The van der Waals surface area contributed by atoms with Gasteiger partial charge < -0.3 is 20.9 Å². The van der Waals surface area contributed by atoms with Crippen LogP contribution >= 0.6 is 0 Å². The topological polar surface area (TPSA) is 61.6 Å². The third kappa shape index (κ3) is 2.95. The van der Waals surface area contributed by atoms with E-state index in [4.69, 9.17) is 5.73 Å². The van der Waals surface area contributed by atoms with E-state index in [9.17, 15) is 4.79 Å². The van der Waals surface area contributed by atoms with Gasteiger partial charge in [-0.25, -0.2) is 4.79 Å². The molecule has 3 N–H and O–H groups in total. The molecule has 2 aliphatic heterocycles. The van der Waals surface area contributed by atoms with Crippen LogP contribution in [-0.2, 0) is 0 Å². The Kier molecular flexibility index (Phi) is 4.45. The van der Waals surface area contributed by atoms with Crippen molar-refractivity contribution in [3.8, 4) is 0 Å². The Bertz CT molecular complexity index is 287. The summed E-state index contributed by atoms with van der Waals surface area (Å²) in [4.78, 5) is 16.4. The molecule has 2 aliphatic rings. The van der Waals surface area contributed by atoms with Crippen LogP contribution in [0.5, 0.6) is 0 Å². The quantitative estimate of drug-likeness (QED) is 0.766. The van der Waals surface area contributed by atoms with E-state index in [0.717, 1.165) is 45.6 Å². The lowest BCUT2D eigenvalue weighted by Gasteiger charge is -2.36. The molecule has 2 rings (SSSR count). The summed E-state index contributed by atoms with van der Waals surface area (Å²) in [7, 11) is 0. The molecule has 0 saturated carbocycles. The van der Waals surface area contributed by atoms with Gasteiger partial charge in [0.1, 0.15) is 0 Å². The number of nitrogens with two attached hydrogens (primary N) is 1. The number of amides is 2. The van der Waals surface area contributed by atoms with Gasteiger partial charge in [0.15, 0.2) is 0 Å². The maximum atomic E-state index is 12.0. The molecule has 5 heteroatoms. The third-order valence-electron chi connectivity index (χ3n) is 4.21. The van der Waals surface area contributed by atoms with Crippen molar-refractivity contribution < 1.29 is 4.79 Å². The molecule has 0 bridgehead atoms. The van der Waals surface area contributed by atoms with E-state index < -0.39 is 0 Å². The van der Waals surface area contributed by atoms with Gasteiger partial charge in [0.2, 0.25) is 0 Å². The molecule has 18 heavy (non-hydrogen) atoms. The van der Waals surface area contributed by atoms with Crippen molar-refractivity contribution in [3.05, 3.63) is 0 Å². The summed E-state index contributed by atoms with van der Waals surface area (Å²) in [5, 5.41) is 3.09. The molecule has 0 spiro atoms. The lowest BCUT2D eigenvalue weighted by molar-refractivity contribution is 0.135. The SMILES string of the molecule is CC(C)C1CN(C2CCN(CCN)CC2)C(=O)N1. The molecule has 2 fully saturated rings. The molecule has 2 heterocycles. The summed E-state index contributed by atoms with van der Waals surface area (Å²) in [5.74, 6) is 0.510. The Labute approximate surface area is 110 Å². The van der Waals surface area contributed by atoms with Crippen LogP contribution in [0.4, 0.5) is 4.79 Å². The predicted octanol–water partition coefficient (Wildman–Crippen LogP) is 0.459. The zero-order valence-electron chi connectivity index (χ0n) is 11.6. The number of carbonyl (C=O) groups excluding carboxylic acids is 1. The van der Waals surface area contributed by atoms with Crippen molar-refractivity contribution in [3.63, 3.8) is 0 Å². The average molecular weight is 254 g/mol. The summed E-state index contributed by atoms with van der Waals surface area (Å²) >= 11 is 0. The van der Waals surface area contributed by atoms with Gasteiger partial charge in [-0.3, -0.25) is 0 Å². The van der Waals surface area contributed by atoms with Crippen LogP contribution in [0.1, 0.15) is 26.7 Å². The Hall–Kier alpha value is -0.810. The van der Waals surface area contributed by atoms with Gasteiger partial charge in [0.05, 0.1) is 6.04 Å². The fourth-order valence-electron chi connectivity index (χ4n) is 2.91. The molecule has 1 unspecified atom stereocenters. The Morgan fingerprint density at radius 3 is 2.56 bits per heavy atom. The lowest BCUT2D eigenvalue weighted by Crippen LogP contribution is -2.47. The minimum absolute atomic E-state index is 0.131. The van der Waals surface area contributed by atoms with E-state index in [0.29, 0.717) is 18.0 Å². The maximum absolute atomic E-state index is 12.0. The van der Waals surface area contributed by atoms with Crippen LogP contribution in [-0.4, -0.2) is 60.6 Å². The van der Waals surface area contributed by atoms with Crippen LogP contribution in [0.2, 0.25) is 0 Å². The van der Waals surface area contributed by atoms with Crippen molar-refractivity contribution in [1.29, 1.82) is 0 Å². The van der Waals surface area contributed by atoms with Gasteiger partial charge in [0, 0.05) is 38.8 Å². The highest BCUT2D eigenvalue weighted by atomic mass is 16.2. The van der Waals surface area contributed by atoms with E-state index in [1.807, 2.05) is 4.90 Å². The second kappa shape index (κ2) is 5.89. The van der Waals surface area contributed by atoms with Gasteiger partial charge in [-0.2, -0.15) is 0 Å². The second-order valence-corrected chi connectivity index (χ2v) is 5.81. The minimum atomic E-state index is 0.131. The van der Waals surface area contributed by atoms with Crippen molar-refractivity contribution in [2.45, 2.75) is 38.8 Å². The van der Waals surface area contributed by atoms with Crippen LogP contribution in [0.15, 0.2) is 0 Å². The van der Waals surface area contributed by atoms with E-state index in [1.165, 1.54) is 0 Å². The van der Waals surface area contributed by atoms with Crippen LogP contribution in [0.3, 0.4) is 0 Å². The molecule has 2 amide bonds. The van der Waals surface area contributed by atoms with E-state index in [1.54, 1.807) is 0 Å². The fraction of sp³-hybridized carbons (Fsp3) is 0.923. The van der Waals surface area contributed by atoms with Crippen LogP contribution in [0, 0.1) is 5.92 Å². The molecule has 0 aromatic rings. The molecule has 0 radical (unpaired) electrons. The summed E-state index contributed by atoms with van der Waals surface area (Å²) in [5.41, 5.74) is 5.57. The largest absolute Gasteiger partial charge is 0.333 e. The van der Waals surface area contributed by atoms with Gasteiger partial charge in [-0.15, -0.1) is 0 Å². The third-order valence-corrected chi connectivity index (χ3v) is 4.21. The predicted molar refractivity (Wildman–Crippen MR) is 72.4 cm³/mol. The van der Waals surface area contributed by atoms with Crippen LogP contribution < -0.4 is 11.1 Å². The van der Waals surface area contributed by atoms with Crippen molar-refractivity contribution in [2.24, 2.45) is 11.7 Å². The van der Waals surface area contributed by atoms with Crippen molar-refractivity contribution >= 4 is 6.03 Å². The highest BCUT2D eigenvalue weighted by Crippen LogP contribution is 2.21. The van der Waals surface area contributed by atoms with Gasteiger partial charge in [0.25, 0.3) is 0 Å². The first-order valence-electron chi connectivity index (χ1n) is 7.11. The summed E-state index contributed by atoms with van der Waals surface area (Å²) in [6, 6.07) is 0.869. The van der Waals surface area contributed by atoms with Crippen molar-refractivity contribution in [2.75, 3.05) is 32.7 Å². The van der Waals surface area contributed by atoms with Crippen molar-refractivity contribution in [1.82, 2.24) is 15.1 Å². The van der Waals surface area contributed by atoms with Gasteiger partial charge >= 0.3 is 6.03 Å². The molecular formula is C13H26N4O. The minimum Gasteiger partial charge on any atom is -0.333 e. The number of piperidine rings is 1. The number of urea groups is 1. The summed E-state index contributed by atoms with van der Waals surface area (Å²) in [6.07, 6.45) is 2.16. The Balaban J connectivity index is 1.84. The molecule has 104 valence electrons. The maximum Gasteiger partial charge on any atom is 0.318 e. The zero-order chi connectivity index (χ0) is 13.1. The number of carbonyl (C=O) groups is 1. The molecule has 1 atom stereocenters. The van der Waals surface area contributed by atoms with E-state index in [2.05, 4.69) is 24.1 Å². The van der Waals surface area contributed by atoms with Gasteiger partial charge in [-0.05, 0) is 18.8 Å². The first-order valence-corrected chi connectivity index (χ1v) is 7.11. The number of hydrogen-bond acceptors (Lipinski definition) is 3. The van der Waals surface area contributed by atoms with Gasteiger partial charge in [-0.1, -0.05) is 13.8 Å². The number of hydrogen-bond donors (Lipinski definition) is 2. The highest BCUT2D eigenvalue weighted by Gasteiger charge is 2.36. The Morgan fingerprint density at radius 2 is 2.06 bits per heavy atom. The molecule has 0 aromatic heterocycles. The summed E-state index contributed by atoms with van der Waals surface area (Å²) in [6.45, 7) is 9.04. The molecule has 2 saturated heterocycles. The number of likely N-dealkylation sites (tertiary alicyclic amines) is 1. The first kappa shape index (κ1) is 13.6. The molecular weight excluding hydrogens is 228 g/mol. The molecule has 0 aliphatic carbocycles. The smallest absolute Gasteiger partial charge is 0.318 e. The van der Waals surface area contributed by atoms with Crippen LogP contribution in [0.25, 0.3) is 0 Å². The summed E-state index contributed by atoms with van der Waals surface area (Å²) < 4.78 is 0. The number of nitrogens with zero attached hydrogens (tertiary/aromatic N) is 2. The number of rotatable bonds is 4. The van der Waals surface area contributed by atoms with E-state index in [-0.39, 0.29) is 6.03 Å². The number of nitrogens with one attached hydrogen (secondary N) is 1. The standard InChI is InChI=1S/C13H26N4O/c1-10(2)12-9-17(13(18)15-12)11-3-6-16(7-4-11)8-5-14/h10-12H,3-9,14H2,1-2H3,(H,15,18).